The number of benzene rings is 1. The van der Waals surface area contributed by atoms with Gasteiger partial charge in [-0.3, -0.25) is 0 Å². The van der Waals surface area contributed by atoms with Crippen molar-refractivity contribution in [1.29, 1.82) is 0 Å². The SMILES string of the molecule is FC(F)(F)c1nc(-c2ccccc2Cl)sc1CNC1CC1. The topological polar surface area (TPSA) is 24.9 Å². The third kappa shape index (κ3) is 3.39. The van der Waals surface area contributed by atoms with E-state index in [1.54, 1.807) is 24.3 Å². The number of hydrogen-bond acceptors (Lipinski definition) is 3. The van der Waals surface area contributed by atoms with Crippen LogP contribution in [0.3, 0.4) is 0 Å². The number of nitrogens with one attached hydrogen (secondary N) is 1. The molecule has 0 aliphatic heterocycles. The van der Waals surface area contributed by atoms with Crippen LogP contribution in [0.4, 0.5) is 13.2 Å². The maximum Gasteiger partial charge on any atom is 0.434 e. The molecule has 1 heterocycles. The van der Waals surface area contributed by atoms with Gasteiger partial charge in [0.2, 0.25) is 0 Å². The van der Waals surface area contributed by atoms with Crippen LogP contribution in [0.15, 0.2) is 24.3 Å². The lowest BCUT2D eigenvalue weighted by Crippen LogP contribution is -2.18. The number of rotatable bonds is 4. The average Bonchev–Trinajstić information content (AvgIpc) is 3.14. The lowest BCUT2D eigenvalue weighted by atomic mass is 10.2. The van der Waals surface area contributed by atoms with Gasteiger partial charge in [-0.2, -0.15) is 13.2 Å². The zero-order valence-electron chi connectivity index (χ0n) is 10.9. The molecule has 0 amide bonds. The molecular weight excluding hydrogens is 321 g/mol. The van der Waals surface area contributed by atoms with E-state index in [1.165, 1.54) is 0 Å². The van der Waals surface area contributed by atoms with Crippen LogP contribution < -0.4 is 5.32 Å². The summed E-state index contributed by atoms with van der Waals surface area (Å²) in [7, 11) is 0. The lowest BCUT2D eigenvalue weighted by Gasteiger charge is -2.06. The maximum atomic E-state index is 13.1. The van der Waals surface area contributed by atoms with Crippen molar-refractivity contribution in [1.82, 2.24) is 10.3 Å². The van der Waals surface area contributed by atoms with Crippen LogP contribution in [-0.2, 0) is 12.7 Å². The quantitative estimate of drug-likeness (QED) is 0.875. The normalized spacial score (nSPS) is 15.4. The molecule has 1 aliphatic rings. The molecule has 1 aromatic carbocycles. The fourth-order valence-corrected chi connectivity index (χ4v) is 3.32. The zero-order valence-corrected chi connectivity index (χ0v) is 12.4. The third-order valence-electron chi connectivity index (χ3n) is 3.20. The highest BCUT2D eigenvalue weighted by Crippen LogP contribution is 2.39. The Hall–Kier alpha value is -1.11. The van der Waals surface area contributed by atoms with Crippen LogP contribution >= 0.6 is 22.9 Å². The number of hydrogen-bond donors (Lipinski definition) is 1. The van der Waals surface area contributed by atoms with E-state index in [0.29, 0.717) is 21.6 Å². The van der Waals surface area contributed by atoms with E-state index in [9.17, 15) is 13.2 Å². The highest BCUT2D eigenvalue weighted by atomic mass is 35.5. The van der Waals surface area contributed by atoms with Crippen molar-refractivity contribution in [3.63, 3.8) is 0 Å². The van der Waals surface area contributed by atoms with Gasteiger partial charge in [0.15, 0.2) is 5.69 Å². The summed E-state index contributed by atoms with van der Waals surface area (Å²) in [6.07, 6.45) is -2.40. The summed E-state index contributed by atoms with van der Waals surface area (Å²) in [6.45, 7) is 0.196. The highest BCUT2D eigenvalue weighted by Gasteiger charge is 2.38. The molecule has 2 nitrogen and oxygen atoms in total. The van der Waals surface area contributed by atoms with Crippen LogP contribution in [0.2, 0.25) is 5.02 Å². The van der Waals surface area contributed by atoms with Gasteiger partial charge in [0.05, 0.1) is 9.90 Å². The number of alkyl halides is 3. The van der Waals surface area contributed by atoms with Crippen LogP contribution in [0.1, 0.15) is 23.4 Å². The van der Waals surface area contributed by atoms with Gasteiger partial charge in [-0.15, -0.1) is 11.3 Å². The summed E-state index contributed by atoms with van der Waals surface area (Å²) < 4.78 is 39.3. The van der Waals surface area contributed by atoms with Crippen LogP contribution in [0.25, 0.3) is 10.6 Å². The van der Waals surface area contributed by atoms with Crippen molar-refractivity contribution >= 4 is 22.9 Å². The van der Waals surface area contributed by atoms with Gasteiger partial charge in [0.25, 0.3) is 0 Å². The fraction of sp³-hybridized carbons (Fsp3) is 0.357. The second-order valence-electron chi connectivity index (χ2n) is 4.92. The molecule has 1 fully saturated rings. The molecule has 21 heavy (non-hydrogen) atoms. The van der Waals surface area contributed by atoms with Gasteiger partial charge in [-0.05, 0) is 18.9 Å². The number of nitrogens with zero attached hydrogens (tertiary/aromatic N) is 1. The molecular formula is C14H12ClF3N2S. The number of aromatic nitrogens is 1. The molecule has 1 saturated carbocycles. The van der Waals surface area contributed by atoms with Crippen molar-refractivity contribution in [2.75, 3.05) is 0 Å². The van der Waals surface area contributed by atoms with E-state index >= 15 is 0 Å². The Morgan fingerprint density at radius 2 is 2.00 bits per heavy atom. The minimum atomic E-state index is -4.45. The standard InChI is InChI=1S/C14H12ClF3N2S/c15-10-4-2-1-3-9(10)13-20-12(14(16,17)18)11(21-13)7-19-8-5-6-8/h1-4,8,19H,5-7H2. The number of halogens is 4. The van der Waals surface area contributed by atoms with Gasteiger partial charge in [-0.25, -0.2) is 4.98 Å². The Balaban J connectivity index is 1.96. The molecule has 1 aliphatic carbocycles. The van der Waals surface area contributed by atoms with E-state index in [2.05, 4.69) is 10.3 Å². The largest absolute Gasteiger partial charge is 0.434 e. The Bertz CT molecular complexity index is 650. The molecule has 0 spiro atoms. The summed E-state index contributed by atoms with van der Waals surface area (Å²) in [5.74, 6) is 0. The third-order valence-corrected chi connectivity index (χ3v) is 4.62. The Morgan fingerprint density at radius 3 is 2.62 bits per heavy atom. The molecule has 1 aromatic heterocycles. The van der Waals surface area contributed by atoms with Gasteiger partial charge in [0, 0.05) is 18.2 Å². The first kappa shape index (κ1) is 14.8. The first-order valence-electron chi connectivity index (χ1n) is 6.50. The van der Waals surface area contributed by atoms with Crippen LogP contribution in [-0.4, -0.2) is 11.0 Å². The van der Waals surface area contributed by atoms with Gasteiger partial charge < -0.3 is 5.32 Å². The van der Waals surface area contributed by atoms with E-state index < -0.39 is 11.9 Å². The summed E-state index contributed by atoms with van der Waals surface area (Å²) in [5, 5.41) is 3.81. The highest BCUT2D eigenvalue weighted by molar-refractivity contribution is 7.15. The molecule has 7 heteroatoms. The Kier molecular flexibility index (Phi) is 3.94. The molecule has 3 rings (SSSR count). The Labute approximate surface area is 129 Å². The molecule has 112 valence electrons. The molecule has 0 saturated heterocycles. The monoisotopic (exact) mass is 332 g/mol. The molecule has 0 radical (unpaired) electrons. The van der Waals surface area contributed by atoms with Crippen molar-refractivity contribution in [2.24, 2.45) is 0 Å². The predicted octanol–water partition coefficient (Wildman–Crippen LogP) is 4.73. The molecule has 0 atom stereocenters. The minimum absolute atomic E-state index is 0.196. The summed E-state index contributed by atoms with van der Waals surface area (Å²) in [5.41, 5.74) is -0.275. The molecule has 0 unspecified atom stereocenters. The molecule has 1 N–H and O–H groups in total. The van der Waals surface area contributed by atoms with Crippen molar-refractivity contribution < 1.29 is 13.2 Å². The molecule has 2 aromatic rings. The first-order chi connectivity index (χ1) is 9.95. The van der Waals surface area contributed by atoms with E-state index in [1.807, 2.05) is 0 Å². The second-order valence-corrected chi connectivity index (χ2v) is 6.41. The van der Waals surface area contributed by atoms with Crippen LogP contribution in [0, 0.1) is 0 Å². The minimum Gasteiger partial charge on any atom is -0.309 e. The van der Waals surface area contributed by atoms with Gasteiger partial charge in [-0.1, -0.05) is 29.8 Å². The maximum absolute atomic E-state index is 13.1. The first-order valence-corrected chi connectivity index (χ1v) is 7.70. The average molecular weight is 333 g/mol. The van der Waals surface area contributed by atoms with Gasteiger partial charge in [0.1, 0.15) is 5.01 Å². The van der Waals surface area contributed by atoms with Crippen molar-refractivity contribution in [3.8, 4) is 10.6 Å². The van der Waals surface area contributed by atoms with Gasteiger partial charge >= 0.3 is 6.18 Å². The van der Waals surface area contributed by atoms with E-state index in [0.717, 1.165) is 24.2 Å². The number of thiazole rings is 1. The van der Waals surface area contributed by atoms with Crippen LogP contribution in [0.5, 0.6) is 0 Å². The Morgan fingerprint density at radius 1 is 1.29 bits per heavy atom. The van der Waals surface area contributed by atoms with E-state index in [-0.39, 0.29) is 11.4 Å². The summed E-state index contributed by atoms with van der Waals surface area (Å²) in [4.78, 5) is 3.99. The predicted molar refractivity (Wildman–Crippen MR) is 77.4 cm³/mol. The summed E-state index contributed by atoms with van der Waals surface area (Å²) >= 11 is 7.09. The van der Waals surface area contributed by atoms with E-state index in [4.69, 9.17) is 11.6 Å². The fourth-order valence-electron chi connectivity index (χ4n) is 1.97. The smallest absolute Gasteiger partial charge is 0.309 e. The zero-order chi connectivity index (χ0) is 15.0. The van der Waals surface area contributed by atoms with Crippen molar-refractivity contribution in [3.05, 3.63) is 39.9 Å². The summed E-state index contributed by atoms with van der Waals surface area (Å²) in [6, 6.07) is 7.14. The van der Waals surface area contributed by atoms with Crippen molar-refractivity contribution in [2.45, 2.75) is 31.6 Å². The second kappa shape index (κ2) is 5.59. The molecule has 0 bridgehead atoms. The lowest BCUT2D eigenvalue weighted by molar-refractivity contribution is -0.141.